The quantitative estimate of drug-likeness (QED) is 0.576. The molecule has 1 aromatic heterocycles. The predicted octanol–water partition coefficient (Wildman–Crippen LogP) is 2.68. The van der Waals surface area contributed by atoms with Crippen molar-refractivity contribution in [1.82, 2.24) is 15.6 Å². The smallest absolute Gasteiger partial charge is 0.351 e. The van der Waals surface area contributed by atoms with Gasteiger partial charge in [-0.3, -0.25) is 10.4 Å². The zero-order valence-electron chi connectivity index (χ0n) is 11.3. The first-order valence-electron chi connectivity index (χ1n) is 6.03. The molecule has 0 aliphatic rings. The molecule has 1 heterocycles. The Hall–Kier alpha value is -1.89. The highest BCUT2D eigenvalue weighted by atomic mass is 19.4. The number of rotatable bonds is 5. The Balaban J connectivity index is 2.46. The fourth-order valence-corrected chi connectivity index (χ4v) is 1.36. The third-order valence-electron chi connectivity index (χ3n) is 2.43. The van der Waals surface area contributed by atoms with Crippen molar-refractivity contribution in [2.45, 2.75) is 32.6 Å². The Kier molecular flexibility index (Phi) is 5.69. The van der Waals surface area contributed by atoms with Gasteiger partial charge in [0, 0.05) is 18.8 Å². The van der Waals surface area contributed by atoms with E-state index in [0.29, 0.717) is 17.9 Å². The van der Waals surface area contributed by atoms with Gasteiger partial charge in [0.2, 0.25) is 0 Å². The zero-order valence-corrected chi connectivity index (χ0v) is 11.3. The van der Waals surface area contributed by atoms with Gasteiger partial charge in [-0.2, -0.15) is 13.2 Å². The molecule has 0 bridgehead atoms. The number of aromatic nitrogens is 1. The van der Waals surface area contributed by atoms with E-state index >= 15 is 0 Å². The minimum Gasteiger partial charge on any atom is -0.351 e. The lowest BCUT2D eigenvalue weighted by atomic mass is 10.2. The van der Waals surface area contributed by atoms with Crippen LogP contribution in [0.3, 0.4) is 0 Å². The first-order chi connectivity index (χ1) is 9.29. The fraction of sp³-hybridized carbons (Fsp3) is 0.385. The number of pyridine rings is 1. The summed E-state index contributed by atoms with van der Waals surface area (Å²) in [6.45, 7) is 3.94. The molecule has 110 valence electrons. The lowest BCUT2D eigenvalue weighted by Gasteiger charge is -2.10. The first-order valence-corrected chi connectivity index (χ1v) is 6.03. The molecule has 4 nitrogen and oxygen atoms in total. The van der Waals surface area contributed by atoms with Gasteiger partial charge in [0.1, 0.15) is 5.69 Å². The van der Waals surface area contributed by atoms with Gasteiger partial charge >= 0.3 is 6.18 Å². The van der Waals surface area contributed by atoms with E-state index in [1.54, 1.807) is 13.1 Å². The summed E-state index contributed by atoms with van der Waals surface area (Å²) in [5.41, 5.74) is -0.214. The summed E-state index contributed by atoms with van der Waals surface area (Å²) in [6.07, 6.45) is 0.269. The third-order valence-corrected chi connectivity index (χ3v) is 2.43. The minimum absolute atomic E-state index is 0.0177. The molecule has 1 atom stereocenters. The van der Waals surface area contributed by atoms with Gasteiger partial charge in [0.15, 0.2) is 0 Å². The van der Waals surface area contributed by atoms with Crippen molar-refractivity contribution in [2.24, 2.45) is 0 Å². The molecule has 0 amide bonds. The van der Waals surface area contributed by atoms with Crippen molar-refractivity contribution in [3.8, 4) is 0 Å². The van der Waals surface area contributed by atoms with Crippen LogP contribution in [-0.4, -0.2) is 16.9 Å². The van der Waals surface area contributed by atoms with E-state index in [9.17, 15) is 13.2 Å². The highest BCUT2D eigenvalue weighted by Gasteiger charge is 2.31. The highest BCUT2D eigenvalue weighted by Crippen LogP contribution is 2.27. The van der Waals surface area contributed by atoms with E-state index in [0.717, 1.165) is 6.07 Å². The summed E-state index contributed by atoms with van der Waals surface area (Å²) in [7, 11) is 0. The number of hydrogen-bond acceptors (Lipinski definition) is 3. The van der Waals surface area contributed by atoms with Crippen LogP contribution in [0.5, 0.6) is 0 Å². The Morgan fingerprint density at radius 2 is 2.15 bits per heavy atom. The average molecular weight is 286 g/mol. The summed E-state index contributed by atoms with van der Waals surface area (Å²) in [5, 5.41) is 13.0. The van der Waals surface area contributed by atoms with Crippen molar-refractivity contribution in [3.63, 3.8) is 0 Å². The molecule has 0 spiro atoms. The lowest BCUT2D eigenvalue weighted by Crippen LogP contribution is -2.24. The minimum atomic E-state index is -4.40. The van der Waals surface area contributed by atoms with E-state index in [1.165, 1.54) is 12.3 Å². The van der Waals surface area contributed by atoms with Crippen LogP contribution >= 0.6 is 0 Å². The number of halogens is 3. The molecule has 1 aromatic rings. The molecule has 3 N–H and O–H groups in total. The Bertz CT molecular complexity index is 465. The molecule has 20 heavy (non-hydrogen) atoms. The van der Waals surface area contributed by atoms with Gasteiger partial charge < -0.3 is 10.6 Å². The van der Waals surface area contributed by atoms with E-state index in [4.69, 9.17) is 5.41 Å². The van der Waals surface area contributed by atoms with Crippen LogP contribution in [0, 0.1) is 5.41 Å². The molecule has 0 fully saturated rings. The molecule has 0 saturated heterocycles. The highest BCUT2D eigenvalue weighted by molar-refractivity contribution is 5.76. The topological polar surface area (TPSA) is 60.8 Å². The second kappa shape index (κ2) is 7.04. The van der Waals surface area contributed by atoms with Crippen LogP contribution < -0.4 is 10.6 Å². The number of nitrogens with one attached hydrogen (secondary N) is 3. The summed E-state index contributed by atoms with van der Waals surface area (Å²) in [6, 6.07) is 2.39. The van der Waals surface area contributed by atoms with Crippen LogP contribution in [0.1, 0.15) is 25.1 Å². The summed E-state index contributed by atoms with van der Waals surface area (Å²) >= 11 is 0. The van der Waals surface area contributed by atoms with E-state index in [1.807, 2.05) is 13.0 Å². The third kappa shape index (κ3) is 5.83. The standard InChI is InChI=1S/C13H17F3N4/c1-9(5-6-18-10(2)17)19-7-11-3-4-12(20-8-11)13(14,15)16/h3-6,8-9,19H,7H2,1-2H3,(H2,17,18)/b6-5-. The SMILES string of the molecule is CC(=N)N/C=C\C(C)NCc1ccc(C(F)(F)F)nc1. The van der Waals surface area contributed by atoms with E-state index < -0.39 is 11.9 Å². The fourth-order valence-electron chi connectivity index (χ4n) is 1.36. The molecular formula is C13H17F3N4. The Morgan fingerprint density at radius 3 is 2.65 bits per heavy atom. The molecule has 0 aromatic carbocycles. The van der Waals surface area contributed by atoms with Crippen molar-refractivity contribution in [2.75, 3.05) is 0 Å². The van der Waals surface area contributed by atoms with Gasteiger partial charge in [-0.1, -0.05) is 12.1 Å². The van der Waals surface area contributed by atoms with Crippen LogP contribution in [0.2, 0.25) is 0 Å². The van der Waals surface area contributed by atoms with Crippen molar-refractivity contribution in [3.05, 3.63) is 41.9 Å². The maximum absolute atomic E-state index is 12.3. The largest absolute Gasteiger partial charge is 0.433 e. The van der Waals surface area contributed by atoms with Gasteiger partial charge in [-0.15, -0.1) is 0 Å². The van der Waals surface area contributed by atoms with Gasteiger partial charge in [-0.05, 0) is 31.7 Å². The van der Waals surface area contributed by atoms with Crippen molar-refractivity contribution < 1.29 is 13.2 Å². The summed E-state index contributed by atoms with van der Waals surface area (Å²) in [5.74, 6) is 0.334. The Morgan fingerprint density at radius 1 is 1.45 bits per heavy atom. The number of amidine groups is 1. The van der Waals surface area contributed by atoms with Crippen molar-refractivity contribution >= 4 is 5.84 Å². The predicted molar refractivity (Wildman–Crippen MR) is 71.2 cm³/mol. The number of alkyl halides is 3. The number of hydrogen-bond donors (Lipinski definition) is 3. The lowest BCUT2D eigenvalue weighted by molar-refractivity contribution is -0.141. The van der Waals surface area contributed by atoms with Crippen LogP contribution in [0.25, 0.3) is 0 Å². The molecule has 0 saturated carbocycles. The molecule has 0 aliphatic heterocycles. The average Bonchev–Trinajstić information content (AvgIpc) is 2.35. The molecule has 0 aliphatic carbocycles. The molecule has 7 heteroatoms. The molecule has 1 rings (SSSR count). The normalized spacial score (nSPS) is 13.4. The Labute approximate surface area is 115 Å². The molecular weight excluding hydrogens is 269 g/mol. The monoisotopic (exact) mass is 286 g/mol. The van der Waals surface area contributed by atoms with Gasteiger partial charge in [0.25, 0.3) is 0 Å². The van der Waals surface area contributed by atoms with Gasteiger partial charge in [-0.25, -0.2) is 0 Å². The molecule has 0 radical (unpaired) electrons. The second-order valence-electron chi connectivity index (χ2n) is 4.35. The molecule has 1 unspecified atom stereocenters. The van der Waals surface area contributed by atoms with E-state index in [-0.39, 0.29) is 6.04 Å². The second-order valence-corrected chi connectivity index (χ2v) is 4.35. The van der Waals surface area contributed by atoms with Gasteiger partial charge in [0.05, 0.1) is 5.84 Å². The van der Waals surface area contributed by atoms with E-state index in [2.05, 4.69) is 15.6 Å². The van der Waals surface area contributed by atoms with Crippen molar-refractivity contribution in [1.29, 1.82) is 5.41 Å². The van der Waals surface area contributed by atoms with Crippen LogP contribution in [0.15, 0.2) is 30.6 Å². The zero-order chi connectivity index (χ0) is 15.2. The van der Waals surface area contributed by atoms with Crippen LogP contribution in [-0.2, 0) is 12.7 Å². The number of nitrogens with zero attached hydrogens (tertiary/aromatic N) is 1. The first kappa shape index (κ1) is 16.2. The maximum atomic E-state index is 12.3. The maximum Gasteiger partial charge on any atom is 0.433 e. The van der Waals surface area contributed by atoms with Crippen LogP contribution in [0.4, 0.5) is 13.2 Å². The summed E-state index contributed by atoms with van der Waals surface area (Å²) in [4.78, 5) is 3.39. The summed E-state index contributed by atoms with van der Waals surface area (Å²) < 4.78 is 37.0.